The molecule has 4 nitrogen and oxygen atoms in total. The van der Waals surface area contributed by atoms with Crippen LogP contribution in [0.2, 0.25) is 0 Å². The van der Waals surface area contributed by atoms with E-state index >= 15 is 0 Å². The number of esters is 1. The number of halogens is 2. The first-order valence-corrected chi connectivity index (χ1v) is 8.02. The van der Waals surface area contributed by atoms with E-state index in [0.717, 1.165) is 23.5 Å². The van der Waals surface area contributed by atoms with Crippen molar-refractivity contribution >= 4 is 11.8 Å². The third-order valence-corrected chi connectivity index (χ3v) is 3.57. The van der Waals surface area contributed by atoms with Crippen LogP contribution in [-0.2, 0) is 16.0 Å². The number of carbonyl (C=O) groups excluding carboxylic acids is 2. The average molecular weight is 347 g/mol. The summed E-state index contributed by atoms with van der Waals surface area (Å²) in [7, 11) is 0. The fourth-order valence-electron chi connectivity index (χ4n) is 2.32. The summed E-state index contributed by atoms with van der Waals surface area (Å²) in [6.45, 7) is 2.14. The third-order valence-electron chi connectivity index (χ3n) is 3.57. The summed E-state index contributed by atoms with van der Waals surface area (Å²) < 4.78 is 31.4. The molecule has 0 bridgehead atoms. The van der Waals surface area contributed by atoms with Gasteiger partial charge in [0.05, 0.1) is 18.6 Å². The Morgan fingerprint density at radius 1 is 1.12 bits per heavy atom. The summed E-state index contributed by atoms with van der Waals surface area (Å²) in [5.41, 5.74) is 1.64. The van der Waals surface area contributed by atoms with Gasteiger partial charge in [-0.25, -0.2) is 8.78 Å². The van der Waals surface area contributed by atoms with E-state index < -0.39 is 23.4 Å². The molecule has 1 heterocycles. The maximum Gasteiger partial charge on any atom is 0.306 e. The zero-order valence-corrected chi connectivity index (χ0v) is 13.9. The number of Topliss-reactive ketones (excluding diaryl/α,β-unsaturated/α-hetero) is 1. The Morgan fingerprint density at radius 3 is 2.64 bits per heavy atom. The van der Waals surface area contributed by atoms with Crippen LogP contribution in [0.15, 0.2) is 36.4 Å². The number of hydrogen-bond donors (Lipinski definition) is 0. The lowest BCUT2D eigenvalue weighted by Crippen LogP contribution is -2.10. The standard InChI is InChI=1S/C19H19F2NO3/c1-13-4-2-5-15(22-13)6-3-11-25-19(24)10-9-18(23)16-8-7-14(20)12-17(16)21/h2,4-5,7-8,12H,3,6,9-11H2,1H3. The van der Waals surface area contributed by atoms with Crippen LogP contribution in [-0.4, -0.2) is 23.3 Å². The molecule has 0 atom stereocenters. The normalized spacial score (nSPS) is 10.5. The van der Waals surface area contributed by atoms with Crippen LogP contribution in [0.25, 0.3) is 0 Å². The smallest absolute Gasteiger partial charge is 0.306 e. The number of benzene rings is 1. The minimum Gasteiger partial charge on any atom is -0.466 e. The molecule has 2 rings (SSSR count). The molecule has 0 aliphatic rings. The van der Waals surface area contributed by atoms with Gasteiger partial charge in [-0.3, -0.25) is 14.6 Å². The molecule has 0 aliphatic heterocycles. The Balaban J connectivity index is 1.69. The number of pyridine rings is 1. The number of ether oxygens (including phenoxy) is 1. The minimum atomic E-state index is -0.927. The summed E-state index contributed by atoms with van der Waals surface area (Å²) in [6.07, 6.45) is 0.997. The monoisotopic (exact) mass is 347 g/mol. The summed E-state index contributed by atoms with van der Waals surface area (Å²) in [6, 6.07) is 8.46. The maximum atomic E-state index is 13.5. The predicted octanol–water partition coefficient (Wildman–Crippen LogP) is 3.81. The molecule has 6 heteroatoms. The molecule has 0 radical (unpaired) electrons. The van der Waals surface area contributed by atoms with E-state index in [0.29, 0.717) is 18.9 Å². The Hall–Kier alpha value is -2.63. The lowest BCUT2D eigenvalue weighted by molar-refractivity contribution is -0.143. The highest BCUT2D eigenvalue weighted by molar-refractivity contribution is 5.97. The lowest BCUT2D eigenvalue weighted by atomic mass is 10.1. The average Bonchev–Trinajstić information content (AvgIpc) is 2.56. The van der Waals surface area contributed by atoms with Gasteiger partial charge in [-0.05, 0) is 44.0 Å². The van der Waals surface area contributed by atoms with Gasteiger partial charge in [-0.2, -0.15) is 0 Å². The molecule has 0 N–H and O–H groups in total. The van der Waals surface area contributed by atoms with Gasteiger partial charge < -0.3 is 4.74 Å². The number of aromatic nitrogens is 1. The van der Waals surface area contributed by atoms with Crippen molar-refractivity contribution < 1.29 is 23.1 Å². The zero-order valence-electron chi connectivity index (χ0n) is 13.9. The van der Waals surface area contributed by atoms with Crippen molar-refractivity contribution in [2.45, 2.75) is 32.6 Å². The maximum absolute atomic E-state index is 13.5. The van der Waals surface area contributed by atoms with Crippen LogP contribution >= 0.6 is 0 Å². The van der Waals surface area contributed by atoms with Gasteiger partial charge in [0.1, 0.15) is 11.6 Å². The van der Waals surface area contributed by atoms with Gasteiger partial charge in [-0.1, -0.05) is 6.07 Å². The van der Waals surface area contributed by atoms with Gasteiger partial charge in [-0.15, -0.1) is 0 Å². The van der Waals surface area contributed by atoms with Gasteiger partial charge in [0.15, 0.2) is 5.78 Å². The Morgan fingerprint density at radius 2 is 1.92 bits per heavy atom. The van der Waals surface area contributed by atoms with Crippen molar-refractivity contribution in [2.75, 3.05) is 6.61 Å². The predicted molar refractivity (Wildman–Crippen MR) is 88.2 cm³/mol. The van der Waals surface area contributed by atoms with E-state index in [4.69, 9.17) is 4.74 Å². The summed E-state index contributed by atoms with van der Waals surface area (Å²) in [5, 5.41) is 0. The molecular formula is C19H19F2NO3. The number of nitrogens with zero attached hydrogens (tertiary/aromatic N) is 1. The van der Waals surface area contributed by atoms with Crippen molar-refractivity contribution in [1.29, 1.82) is 0 Å². The largest absolute Gasteiger partial charge is 0.466 e. The minimum absolute atomic E-state index is 0.141. The molecule has 0 aliphatic carbocycles. The van der Waals surface area contributed by atoms with E-state index in [1.165, 1.54) is 0 Å². The molecular weight excluding hydrogens is 328 g/mol. The van der Waals surface area contributed by atoms with E-state index in [9.17, 15) is 18.4 Å². The molecule has 0 fully saturated rings. The second-order valence-corrected chi connectivity index (χ2v) is 5.64. The molecule has 1 aromatic heterocycles. The molecule has 2 aromatic rings. The highest BCUT2D eigenvalue weighted by Crippen LogP contribution is 2.13. The van der Waals surface area contributed by atoms with Gasteiger partial charge >= 0.3 is 5.97 Å². The molecule has 1 aromatic carbocycles. The molecule has 0 unspecified atom stereocenters. The van der Waals surface area contributed by atoms with Crippen LogP contribution in [0.3, 0.4) is 0 Å². The van der Waals surface area contributed by atoms with E-state index in [2.05, 4.69) is 4.98 Å². The number of rotatable bonds is 8. The first kappa shape index (κ1) is 18.7. The molecule has 0 saturated carbocycles. The number of ketones is 1. The highest BCUT2D eigenvalue weighted by atomic mass is 19.1. The van der Waals surface area contributed by atoms with Crippen molar-refractivity contribution in [2.24, 2.45) is 0 Å². The molecule has 0 spiro atoms. The summed E-state index contributed by atoms with van der Waals surface area (Å²) in [5.74, 6) is -2.76. The van der Waals surface area contributed by atoms with Gasteiger partial charge in [0, 0.05) is 23.9 Å². The fourth-order valence-corrected chi connectivity index (χ4v) is 2.32. The Labute approximate surface area is 144 Å². The topological polar surface area (TPSA) is 56.3 Å². The van der Waals surface area contributed by atoms with E-state index in [1.54, 1.807) is 0 Å². The second-order valence-electron chi connectivity index (χ2n) is 5.64. The van der Waals surface area contributed by atoms with Crippen molar-refractivity contribution in [3.05, 3.63) is 65.0 Å². The van der Waals surface area contributed by atoms with Crippen LogP contribution in [0.1, 0.15) is 41.0 Å². The zero-order chi connectivity index (χ0) is 18.2. The van der Waals surface area contributed by atoms with Gasteiger partial charge in [0.2, 0.25) is 0 Å². The number of aryl methyl sites for hydroxylation is 2. The Bertz CT molecular complexity index is 762. The Kier molecular flexibility index (Phi) is 6.74. The van der Waals surface area contributed by atoms with Crippen LogP contribution in [0.4, 0.5) is 8.78 Å². The van der Waals surface area contributed by atoms with Crippen molar-refractivity contribution in [3.63, 3.8) is 0 Å². The van der Waals surface area contributed by atoms with E-state index in [1.807, 2.05) is 25.1 Å². The highest BCUT2D eigenvalue weighted by Gasteiger charge is 2.14. The summed E-state index contributed by atoms with van der Waals surface area (Å²) >= 11 is 0. The SMILES string of the molecule is Cc1cccc(CCCOC(=O)CCC(=O)c2ccc(F)cc2F)n1. The first-order chi connectivity index (χ1) is 12.0. The first-order valence-electron chi connectivity index (χ1n) is 8.02. The number of carbonyl (C=O) groups is 2. The second kappa shape index (κ2) is 9.01. The number of hydrogen-bond acceptors (Lipinski definition) is 4. The van der Waals surface area contributed by atoms with Crippen molar-refractivity contribution in [3.8, 4) is 0 Å². The molecule has 25 heavy (non-hydrogen) atoms. The van der Waals surface area contributed by atoms with Crippen LogP contribution in [0, 0.1) is 18.6 Å². The summed E-state index contributed by atoms with van der Waals surface area (Å²) in [4.78, 5) is 27.8. The van der Waals surface area contributed by atoms with Crippen LogP contribution < -0.4 is 0 Å². The lowest BCUT2D eigenvalue weighted by Gasteiger charge is -2.06. The molecule has 0 saturated heterocycles. The molecule has 0 amide bonds. The molecule has 132 valence electrons. The van der Waals surface area contributed by atoms with Crippen molar-refractivity contribution in [1.82, 2.24) is 4.98 Å². The quantitative estimate of drug-likeness (QED) is 0.414. The third kappa shape index (κ3) is 6.06. The van der Waals surface area contributed by atoms with Gasteiger partial charge in [0.25, 0.3) is 0 Å². The van der Waals surface area contributed by atoms with E-state index in [-0.39, 0.29) is 25.0 Å². The fraction of sp³-hybridized carbons (Fsp3) is 0.316. The van der Waals surface area contributed by atoms with Crippen LogP contribution in [0.5, 0.6) is 0 Å².